The summed E-state index contributed by atoms with van der Waals surface area (Å²) >= 11 is 0. The van der Waals surface area contributed by atoms with Gasteiger partial charge >= 0.3 is 6.01 Å². The van der Waals surface area contributed by atoms with Crippen LogP contribution in [0.3, 0.4) is 0 Å². The third-order valence-corrected chi connectivity index (χ3v) is 4.82. The number of nitrogen functional groups attached to an aromatic ring is 1. The highest BCUT2D eigenvalue weighted by Crippen LogP contribution is 2.47. The second-order valence-electron chi connectivity index (χ2n) is 6.62. The van der Waals surface area contributed by atoms with Crippen molar-refractivity contribution < 1.29 is 13.9 Å². The number of primary amides is 1. The van der Waals surface area contributed by atoms with Crippen LogP contribution in [-0.2, 0) is 0 Å². The highest BCUT2D eigenvalue weighted by Gasteiger charge is 2.32. The summed E-state index contributed by atoms with van der Waals surface area (Å²) in [6, 6.07) is 6.01. The Morgan fingerprint density at radius 2 is 1.79 bits per heavy atom. The summed E-state index contributed by atoms with van der Waals surface area (Å²) in [4.78, 5) is 26.9. The van der Waals surface area contributed by atoms with Gasteiger partial charge in [0, 0.05) is 18.6 Å². The van der Waals surface area contributed by atoms with Crippen molar-refractivity contribution in [2.75, 3.05) is 5.73 Å². The summed E-state index contributed by atoms with van der Waals surface area (Å²) in [5.74, 6) is -0.412. The van der Waals surface area contributed by atoms with Crippen molar-refractivity contribution in [2.24, 2.45) is 5.73 Å². The average Bonchev–Trinajstić information content (AvgIpc) is 2.64. The molecule has 28 heavy (non-hydrogen) atoms. The van der Waals surface area contributed by atoms with Gasteiger partial charge in [-0.15, -0.1) is 0 Å². The fourth-order valence-corrected chi connectivity index (χ4v) is 3.20. The number of anilines is 1. The number of hydrogen-bond donors (Lipinski definition) is 2. The van der Waals surface area contributed by atoms with Crippen LogP contribution in [0.2, 0.25) is 0 Å². The molecule has 8 nitrogen and oxygen atoms in total. The molecule has 1 aliphatic carbocycles. The maximum absolute atomic E-state index is 14.5. The normalized spacial score (nSPS) is 18.3. The largest absolute Gasteiger partial charge is 0.421 e. The van der Waals surface area contributed by atoms with Gasteiger partial charge in [-0.1, -0.05) is 6.07 Å². The van der Waals surface area contributed by atoms with E-state index in [0.29, 0.717) is 5.92 Å². The van der Waals surface area contributed by atoms with E-state index >= 15 is 0 Å². The summed E-state index contributed by atoms with van der Waals surface area (Å²) in [5, 5.41) is 0. The third-order valence-electron chi connectivity index (χ3n) is 4.82. The maximum atomic E-state index is 14.5. The van der Waals surface area contributed by atoms with Gasteiger partial charge in [-0.3, -0.25) is 4.79 Å². The van der Waals surface area contributed by atoms with E-state index in [1.807, 2.05) is 6.07 Å². The topological polar surface area (TPSA) is 130 Å². The number of ether oxygens (including phenoxy) is 1. The molecule has 0 aliphatic heterocycles. The number of amides is 1. The number of aromatic nitrogens is 4. The van der Waals surface area contributed by atoms with Crippen molar-refractivity contribution in [2.45, 2.75) is 24.7 Å². The molecule has 1 fully saturated rings. The van der Waals surface area contributed by atoms with Gasteiger partial charge in [-0.25, -0.2) is 19.3 Å². The highest BCUT2D eigenvalue weighted by atomic mass is 19.1. The average molecular weight is 380 g/mol. The quantitative estimate of drug-likeness (QED) is 0.695. The van der Waals surface area contributed by atoms with E-state index in [1.165, 1.54) is 24.4 Å². The fourth-order valence-electron chi connectivity index (χ4n) is 3.20. The minimum absolute atomic E-state index is 0.00538. The van der Waals surface area contributed by atoms with E-state index < -0.39 is 11.7 Å². The Morgan fingerprint density at radius 3 is 2.46 bits per heavy atom. The Labute approximate surface area is 159 Å². The lowest BCUT2D eigenvalue weighted by Gasteiger charge is -2.35. The molecule has 1 aliphatic rings. The number of nitrogens with two attached hydrogens (primary N) is 2. The second kappa shape index (κ2) is 7.18. The van der Waals surface area contributed by atoms with E-state index in [9.17, 15) is 9.18 Å². The van der Waals surface area contributed by atoms with Crippen molar-refractivity contribution in [1.82, 2.24) is 19.9 Å². The van der Waals surface area contributed by atoms with Gasteiger partial charge in [0.05, 0.1) is 0 Å². The van der Waals surface area contributed by atoms with Crippen molar-refractivity contribution in [3.05, 3.63) is 65.5 Å². The molecule has 0 spiro atoms. The van der Waals surface area contributed by atoms with E-state index in [2.05, 4.69) is 19.9 Å². The van der Waals surface area contributed by atoms with Crippen LogP contribution in [-0.4, -0.2) is 25.8 Å². The van der Waals surface area contributed by atoms with Gasteiger partial charge < -0.3 is 16.2 Å². The minimum Gasteiger partial charge on any atom is -0.421 e. The molecule has 4 N–H and O–H groups in total. The zero-order valence-corrected chi connectivity index (χ0v) is 14.7. The maximum Gasteiger partial charge on any atom is 0.322 e. The highest BCUT2D eigenvalue weighted by molar-refractivity contribution is 5.90. The number of carbonyl (C=O) groups is 1. The van der Waals surface area contributed by atoms with Crippen LogP contribution in [0.15, 0.2) is 42.9 Å². The van der Waals surface area contributed by atoms with Gasteiger partial charge in [-0.2, -0.15) is 4.98 Å². The van der Waals surface area contributed by atoms with Crippen LogP contribution in [0.1, 0.15) is 46.3 Å². The molecule has 0 atom stereocenters. The van der Waals surface area contributed by atoms with Crippen LogP contribution in [0.25, 0.3) is 0 Å². The first-order valence-electron chi connectivity index (χ1n) is 8.67. The number of rotatable bonds is 5. The molecular weight excluding hydrogens is 363 g/mol. The van der Waals surface area contributed by atoms with Crippen LogP contribution in [0.4, 0.5) is 10.3 Å². The van der Waals surface area contributed by atoms with E-state index in [1.54, 1.807) is 12.4 Å². The molecule has 0 bridgehead atoms. The number of nitrogens with zero attached hydrogens (tertiary/aromatic N) is 4. The van der Waals surface area contributed by atoms with Crippen molar-refractivity contribution >= 4 is 11.9 Å². The predicted octanol–water partition coefficient (Wildman–Crippen LogP) is 2.54. The first-order chi connectivity index (χ1) is 13.5. The Kier molecular flexibility index (Phi) is 4.56. The van der Waals surface area contributed by atoms with E-state index in [0.717, 1.165) is 24.0 Å². The van der Waals surface area contributed by atoms with Crippen molar-refractivity contribution in [1.29, 1.82) is 0 Å². The van der Waals surface area contributed by atoms with Crippen LogP contribution >= 0.6 is 0 Å². The molecule has 1 saturated carbocycles. The van der Waals surface area contributed by atoms with Gasteiger partial charge in [0.15, 0.2) is 11.6 Å². The SMILES string of the molecule is NC(=O)c1ccnc(Oc2ccc(C3CC(c4cnc(N)nc4)C3)cc2F)n1. The third kappa shape index (κ3) is 3.59. The molecule has 2 heterocycles. The fraction of sp³-hybridized carbons (Fsp3) is 0.211. The molecule has 0 radical (unpaired) electrons. The number of hydrogen-bond acceptors (Lipinski definition) is 7. The predicted molar refractivity (Wildman–Crippen MR) is 98.2 cm³/mol. The van der Waals surface area contributed by atoms with Crippen LogP contribution < -0.4 is 16.2 Å². The number of benzene rings is 1. The van der Waals surface area contributed by atoms with Gasteiger partial charge in [0.2, 0.25) is 5.95 Å². The zero-order chi connectivity index (χ0) is 19.7. The van der Waals surface area contributed by atoms with Crippen LogP contribution in [0, 0.1) is 5.82 Å². The molecule has 3 aromatic rings. The van der Waals surface area contributed by atoms with Crippen molar-refractivity contribution in [3.8, 4) is 11.8 Å². The first-order valence-corrected chi connectivity index (χ1v) is 8.67. The molecule has 0 saturated heterocycles. The molecule has 4 rings (SSSR count). The monoisotopic (exact) mass is 380 g/mol. The Balaban J connectivity index is 1.43. The summed E-state index contributed by atoms with van der Waals surface area (Å²) in [6.07, 6.45) is 6.57. The first kappa shape index (κ1) is 17.8. The molecule has 1 aromatic carbocycles. The second-order valence-corrected chi connectivity index (χ2v) is 6.62. The number of carbonyl (C=O) groups excluding carboxylic acids is 1. The number of halogens is 1. The molecule has 2 aromatic heterocycles. The summed E-state index contributed by atoms with van der Waals surface area (Å²) in [6.45, 7) is 0. The van der Waals surface area contributed by atoms with Crippen LogP contribution in [0.5, 0.6) is 11.8 Å². The molecule has 0 unspecified atom stereocenters. The lowest BCUT2D eigenvalue weighted by atomic mass is 9.69. The van der Waals surface area contributed by atoms with Gasteiger partial charge in [-0.05, 0) is 54.0 Å². The van der Waals surface area contributed by atoms with E-state index in [-0.39, 0.29) is 29.3 Å². The van der Waals surface area contributed by atoms with Gasteiger partial charge in [0.1, 0.15) is 5.69 Å². The lowest BCUT2D eigenvalue weighted by molar-refractivity contribution is 0.0994. The standard InChI is InChI=1S/C19H17FN6O2/c20-14-7-10(11-5-12(6-11)13-8-24-18(22)25-9-13)1-2-16(14)28-19-23-4-3-15(26-19)17(21)27/h1-4,7-9,11-12H,5-6H2,(H2,21,27)(H2,22,24,25). The Hall–Kier alpha value is -3.62. The Morgan fingerprint density at radius 1 is 1.07 bits per heavy atom. The zero-order valence-electron chi connectivity index (χ0n) is 14.7. The summed E-state index contributed by atoms with van der Waals surface area (Å²) in [5.41, 5.74) is 12.6. The lowest BCUT2D eigenvalue weighted by Crippen LogP contribution is -2.20. The summed E-state index contributed by atoms with van der Waals surface area (Å²) in [7, 11) is 0. The molecule has 9 heteroatoms. The molecule has 142 valence electrons. The Bertz CT molecular complexity index is 1020. The minimum atomic E-state index is -0.714. The smallest absolute Gasteiger partial charge is 0.322 e. The molecular formula is C19H17FN6O2. The van der Waals surface area contributed by atoms with Crippen molar-refractivity contribution in [3.63, 3.8) is 0 Å². The van der Waals surface area contributed by atoms with E-state index in [4.69, 9.17) is 16.2 Å². The van der Waals surface area contributed by atoms with Gasteiger partial charge in [0.25, 0.3) is 5.91 Å². The summed E-state index contributed by atoms with van der Waals surface area (Å²) < 4.78 is 19.8. The molecule has 1 amide bonds.